The normalized spacial score (nSPS) is 19.4. The van der Waals surface area contributed by atoms with Crippen molar-refractivity contribution < 1.29 is 31.1 Å². The van der Waals surface area contributed by atoms with Crippen molar-refractivity contribution in [2.45, 2.75) is 37.2 Å². The van der Waals surface area contributed by atoms with Gasteiger partial charge in [0.15, 0.2) is 0 Å². The summed E-state index contributed by atoms with van der Waals surface area (Å²) in [6.45, 7) is -1.57. The summed E-state index contributed by atoms with van der Waals surface area (Å²) in [6, 6.07) is 0. The smallest absolute Gasteiger partial charge is 0.372 e. The zero-order valence-electron chi connectivity index (χ0n) is 8.92. The molecule has 1 aliphatic rings. The van der Waals surface area contributed by atoms with Gasteiger partial charge in [0, 0.05) is 6.61 Å². The number of ether oxygens (including phenoxy) is 1. The Morgan fingerprint density at radius 3 is 2.06 bits per heavy atom. The molecule has 102 valence electrons. The molecule has 0 aromatic carbocycles. The fourth-order valence-electron chi connectivity index (χ4n) is 1.38. The van der Waals surface area contributed by atoms with Crippen LogP contribution in [-0.4, -0.2) is 37.7 Å². The van der Waals surface area contributed by atoms with Crippen LogP contribution < -0.4 is 5.32 Å². The Labute approximate surface area is 94.3 Å². The Hall–Kier alpha value is -0.500. The maximum Gasteiger partial charge on any atom is 0.411 e. The van der Waals surface area contributed by atoms with Gasteiger partial charge in [0.2, 0.25) is 0 Å². The van der Waals surface area contributed by atoms with E-state index >= 15 is 0 Å². The van der Waals surface area contributed by atoms with Crippen molar-refractivity contribution in [1.82, 2.24) is 5.32 Å². The van der Waals surface area contributed by atoms with Crippen molar-refractivity contribution in [3.8, 4) is 0 Å². The Morgan fingerprint density at radius 1 is 1.06 bits per heavy atom. The number of nitrogens with one attached hydrogen (secondary N) is 1. The van der Waals surface area contributed by atoms with Gasteiger partial charge < -0.3 is 10.1 Å². The van der Waals surface area contributed by atoms with E-state index in [-0.39, 0.29) is 32.4 Å². The van der Waals surface area contributed by atoms with E-state index in [1.807, 2.05) is 0 Å². The maximum atomic E-state index is 12.4. The number of hydrogen-bond donors (Lipinski definition) is 1. The van der Waals surface area contributed by atoms with Gasteiger partial charge in [-0.3, -0.25) is 0 Å². The third-order valence-electron chi connectivity index (χ3n) is 2.49. The number of rotatable bonds is 6. The molecule has 0 aromatic rings. The second kappa shape index (κ2) is 5.01. The lowest BCUT2D eigenvalue weighted by Gasteiger charge is -2.20. The highest BCUT2D eigenvalue weighted by Crippen LogP contribution is 2.48. The SMILES string of the molecule is FC(F)(F)COCCCNC1(C(F)(F)F)CC1. The molecule has 0 aliphatic heterocycles. The predicted octanol–water partition coefficient (Wildman–Crippen LogP) is 2.64. The van der Waals surface area contributed by atoms with Gasteiger partial charge >= 0.3 is 12.4 Å². The minimum absolute atomic E-state index is 0.00261. The summed E-state index contributed by atoms with van der Waals surface area (Å²) in [5, 5.41) is 2.32. The van der Waals surface area contributed by atoms with Gasteiger partial charge in [-0.25, -0.2) is 0 Å². The first-order valence-electron chi connectivity index (χ1n) is 5.13. The zero-order chi connectivity index (χ0) is 13.2. The van der Waals surface area contributed by atoms with Crippen LogP contribution in [0.1, 0.15) is 19.3 Å². The molecular weight excluding hydrogens is 252 g/mol. The van der Waals surface area contributed by atoms with Crippen molar-refractivity contribution >= 4 is 0 Å². The van der Waals surface area contributed by atoms with E-state index in [9.17, 15) is 26.3 Å². The van der Waals surface area contributed by atoms with Gasteiger partial charge in [0.1, 0.15) is 12.1 Å². The summed E-state index contributed by atoms with van der Waals surface area (Å²) in [7, 11) is 0. The minimum Gasteiger partial charge on any atom is -0.372 e. The molecular formula is C9H13F6NO. The van der Waals surface area contributed by atoms with Crippen molar-refractivity contribution in [1.29, 1.82) is 0 Å². The first kappa shape index (κ1) is 14.6. The van der Waals surface area contributed by atoms with Crippen LogP contribution in [0.15, 0.2) is 0 Å². The zero-order valence-corrected chi connectivity index (χ0v) is 8.92. The average molecular weight is 265 g/mol. The van der Waals surface area contributed by atoms with Crippen molar-refractivity contribution in [2.24, 2.45) is 0 Å². The highest BCUT2D eigenvalue weighted by Gasteiger charge is 2.62. The van der Waals surface area contributed by atoms with E-state index in [2.05, 4.69) is 10.1 Å². The van der Waals surface area contributed by atoms with Crippen LogP contribution in [0.2, 0.25) is 0 Å². The molecule has 1 aliphatic carbocycles. The van der Waals surface area contributed by atoms with Crippen LogP contribution in [0.3, 0.4) is 0 Å². The van der Waals surface area contributed by atoms with Crippen molar-refractivity contribution in [2.75, 3.05) is 19.8 Å². The summed E-state index contributed by atoms with van der Waals surface area (Å²) in [4.78, 5) is 0. The molecule has 1 fully saturated rings. The molecule has 17 heavy (non-hydrogen) atoms. The summed E-state index contributed by atoms with van der Waals surface area (Å²) in [6.07, 6.45) is -8.51. The second-order valence-electron chi connectivity index (χ2n) is 4.03. The van der Waals surface area contributed by atoms with Gasteiger partial charge in [0.05, 0.1) is 0 Å². The number of alkyl halides is 6. The lowest BCUT2D eigenvalue weighted by Crippen LogP contribution is -2.45. The molecule has 0 radical (unpaired) electrons. The van der Waals surface area contributed by atoms with Gasteiger partial charge in [-0.1, -0.05) is 0 Å². The summed E-state index contributed by atoms with van der Waals surface area (Å²) in [5.41, 5.74) is -1.81. The average Bonchev–Trinajstić information content (AvgIpc) is 2.89. The van der Waals surface area contributed by atoms with Crippen LogP contribution in [0, 0.1) is 0 Å². The van der Waals surface area contributed by atoms with Crippen molar-refractivity contribution in [3.05, 3.63) is 0 Å². The van der Waals surface area contributed by atoms with Crippen LogP contribution in [0.25, 0.3) is 0 Å². The summed E-state index contributed by atoms with van der Waals surface area (Å²) in [5.74, 6) is 0. The van der Waals surface area contributed by atoms with E-state index in [1.165, 1.54) is 0 Å². The first-order valence-corrected chi connectivity index (χ1v) is 5.13. The molecule has 1 N–H and O–H groups in total. The molecule has 1 saturated carbocycles. The van der Waals surface area contributed by atoms with Gasteiger partial charge in [-0.2, -0.15) is 26.3 Å². The standard InChI is InChI=1S/C9H13F6NO/c10-8(11,12)6-17-5-1-4-16-7(2-3-7)9(13,14)15/h16H,1-6H2. The Morgan fingerprint density at radius 2 is 1.65 bits per heavy atom. The van der Waals surface area contributed by atoms with E-state index in [0.717, 1.165) is 0 Å². The lowest BCUT2D eigenvalue weighted by atomic mass is 10.2. The minimum atomic E-state index is -4.39. The van der Waals surface area contributed by atoms with Gasteiger partial charge in [-0.05, 0) is 25.8 Å². The quantitative estimate of drug-likeness (QED) is 0.589. The van der Waals surface area contributed by atoms with Crippen LogP contribution >= 0.6 is 0 Å². The summed E-state index contributed by atoms with van der Waals surface area (Å²) >= 11 is 0. The van der Waals surface area contributed by atoms with E-state index in [0.29, 0.717) is 0 Å². The molecule has 0 amide bonds. The van der Waals surface area contributed by atoms with Gasteiger partial charge in [0.25, 0.3) is 0 Å². The van der Waals surface area contributed by atoms with Crippen LogP contribution in [-0.2, 0) is 4.74 Å². The molecule has 1 rings (SSSR count). The van der Waals surface area contributed by atoms with Crippen LogP contribution in [0.4, 0.5) is 26.3 Å². The molecule has 0 spiro atoms. The number of halogens is 6. The fraction of sp³-hybridized carbons (Fsp3) is 1.00. The topological polar surface area (TPSA) is 21.3 Å². The Balaban J connectivity index is 2.06. The van der Waals surface area contributed by atoms with Crippen molar-refractivity contribution in [3.63, 3.8) is 0 Å². The first-order chi connectivity index (χ1) is 7.66. The summed E-state index contributed by atoms with van der Waals surface area (Å²) < 4.78 is 76.3. The molecule has 0 saturated heterocycles. The number of hydrogen-bond acceptors (Lipinski definition) is 2. The second-order valence-corrected chi connectivity index (χ2v) is 4.03. The fourth-order valence-corrected chi connectivity index (χ4v) is 1.38. The highest BCUT2D eigenvalue weighted by atomic mass is 19.4. The molecule has 0 bridgehead atoms. The predicted molar refractivity (Wildman–Crippen MR) is 47.5 cm³/mol. The Bertz CT molecular complexity index is 245. The highest BCUT2D eigenvalue weighted by molar-refractivity contribution is 5.07. The van der Waals surface area contributed by atoms with E-state index in [1.54, 1.807) is 0 Å². The van der Waals surface area contributed by atoms with E-state index in [4.69, 9.17) is 0 Å². The monoisotopic (exact) mass is 265 g/mol. The third kappa shape index (κ3) is 4.71. The lowest BCUT2D eigenvalue weighted by molar-refractivity contribution is -0.174. The molecule has 0 atom stereocenters. The maximum absolute atomic E-state index is 12.4. The van der Waals surface area contributed by atoms with E-state index < -0.39 is 24.5 Å². The molecule has 0 aromatic heterocycles. The van der Waals surface area contributed by atoms with Gasteiger partial charge in [-0.15, -0.1) is 0 Å². The molecule has 8 heteroatoms. The third-order valence-corrected chi connectivity index (χ3v) is 2.49. The largest absolute Gasteiger partial charge is 0.411 e. The van der Waals surface area contributed by atoms with Crippen LogP contribution in [0.5, 0.6) is 0 Å². The molecule has 0 unspecified atom stereocenters. The Kier molecular flexibility index (Phi) is 4.29. The molecule has 2 nitrogen and oxygen atoms in total. The molecule has 0 heterocycles.